The maximum Gasteiger partial charge on any atom is 0.134 e. The van der Waals surface area contributed by atoms with E-state index in [0.29, 0.717) is 5.92 Å². The normalized spacial score (nSPS) is 11.6. The first-order valence-electron chi connectivity index (χ1n) is 6.49. The number of benzene rings is 1. The number of furan rings is 1. The Kier molecular flexibility index (Phi) is 3.81. The van der Waals surface area contributed by atoms with Crippen LogP contribution < -0.4 is 0 Å². The molecule has 0 aliphatic rings. The highest BCUT2D eigenvalue weighted by Gasteiger charge is 2.10. The van der Waals surface area contributed by atoms with Gasteiger partial charge in [0.25, 0.3) is 0 Å². The molecule has 3 nitrogen and oxygen atoms in total. The summed E-state index contributed by atoms with van der Waals surface area (Å²) < 4.78 is 7.49. The second-order valence-electron chi connectivity index (χ2n) is 4.96. The van der Waals surface area contributed by atoms with E-state index < -0.39 is 0 Å². The van der Waals surface area contributed by atoms with Gasteiger partial charge in [0.15, 0.2) is 0 Å². The molecule has 1 aromatic carbocycles. The van der Waals surface area contributed by atoms with Crippen molar-refractivity contribution in [2.75, 3.05) is 0 Å². The largest absolute Gasteiger partial charge is 0.464 e. The molecule has 104 valence electrons. The van der Waals surface area contributed by atoms with Gasteiger partial charge in [0.1, 0.15) is 10.6 Å². The van der Waals surface area contributed by atoms with Gasteiger partial charge in [0.2, 0.25) is 0 Å². The summed E-state index contributed by atoms with van der Waals surface area (Å²) in [5.41, 5.74) is 2.23. The first kappa shape index (κ1) is 13.6. The average Bonchev–Trinajstić information content (AvgIpc) is 3.02. The highest BCUT2D eigenvalue weighted by Crippen LogP contribution is 2.39. The SMILES string of the molecule is CC(C)c1coc2ccc(SSc3ccnn3C)cc12. The summed E-state index contributed by atoms with van der Waals surface area (Å²) >= 11 is 0. The molecule has 0 spiro atoms. The zero-order valence-corrected chi connectivity index (χ0v) is 13.3. The summed E-state index contributed by atoms with van der Waals surface area (Å²) in [6.07, 6.45) is 3.69. The number of aryl methyl sites for hydroxylation is 1. The maximum atomic E-state index is 5.60. The molecule has 0 aliphatic carbocycles. The topological polar surface area (TPSA) is 31.0 Å². The number of fused-ring (bicyclic) bond motifs is 1. The molecule has 0 radical (unpaired) electrons. The third kappa shape index (κ3) is 2.60. The molecule has 5 heteroatoms. The van der Waals surface area contributed by atoms with E-state index in [1.54, 1.807) is 21.6 Å². The van der Waals surface area contributed by atoms with Crippen LogP contribution in [0.25, 0.3) is 11.0 Å². The van der Waals surface area contributed by atoms with Gasteiger partial charge in [0.05, 0.1) is 12.5 Å². The Balaban J connectivity index is 1.85. The molecule has 20 heavy (non-hydrogen) atoms. The smallest absolute Gasteiger partial charge is 0.134 e. The standard InChI is InChI=1S/C15H16N2OS2/c1-10(2)13-9-18-14-5-4-11(8-12(13)14)19-20-15-6-7-16-17(15)3/h4-10H,1-3H3. The third-order valence-electron chi connectivity index (χ3n) is 3.20. The summed E-state index contributed by atoms with van der Waals surface area (Å²) in [6, 6.07) is 8.38. The van der Waals surface area contributed by atoms with Gasteiger partial charge in [-0.05, 0) is 41.0 Å². The van der Waals surface area contributed by atoms with Crippen LogP contribution in [0.2, 0.25) is 0 Å². The molecular weight excluding hydrogens is 288 g/mol. The van der Waals surface area contributed by atoms with Crippen LogP contribution >= 0.6 is 21.6 Å². The van der Waals surface area contributed by atoms with Gasteiger partial charge in [-0.1, -0.05) is 24.6 Å². The van der Waals surface area contributed by atoms with E-state index in [1.807, 2.05) is 36.3 Å². The van der Waals surface area contributed by atoms with Crippen molar-refractivity contribution in [1.29, 1.82) is 0 Å². The molecule has 2 heterocycles. The van der Waals surface area contributed by atoms with Crippen LogP contribution in [-0.2, 0) is 7.05 Å². The number of nitrogens with zero attached hydrogens (tertiary/aromatic N) is 2. The molecule has 0 saturated heterocycles. The van der Waals surface area contributed by atoms with Crippen LogP contribution in [0.4, 0.5) is 0 Å². The Bertz CT molecular complexity index is 730. The van der Waals surface area contributed by atoms with E-state index in [9.17, 15) is 0 Å². The van der Waals surface area contributed by atoms with Crippen molar-refractivity contribution in [3.05, 3.63) is 42.3 Å². The fourth-order valence-electron chi connectivity index (χ4n) is 2.06. The molecule has 0 unspecified atom stereocenters. The minimum absolute atomic E-state index is 0.473. The van der Waals surface area contributed by atoms with Gasteiger partial charge in [-0.2, -0.15) is 5.10 Å². The molecule has 2 aromatic heterocycles. The lowest BCUT2D eigenvalue weighted by atomic mass is 10.0. The molecule has 3 rings (SSSR count). The van der Waals surface area contributed by atoms with Gasteiger partial charge in [-0.25, -0.2) is 0 Å². The first-order chi connectivity index (χ1) is 9.65. The zero-order valence-electron chi connectivity index (χ0n) is 11.7. The van der Waals surface area contributed by atoms with E-state index in [-0.39, 0.29) is 0 Å². The van der Waals surface area contributed by atoms with Crippen molar-refractivity contribution in [2.24, 2.45) is 7.05 Å². The Morgan fingerprint density at radius 1 is 1.20 bits per heavy atom. The van der Waals surface area contributed by atoms with Crippen molar-refractivity contribution in [1.82, 2.24) is 9.78 Å². The predicted octanol–water partition coefficient (Wildman–Crippen LogP) is 5.09. The van der Waals surface area contributed by atoms with Crippen LogP contribution in [0, 0.1) is 0 Å². The number of hydrogen-bond donors (Lipinski definition) is 0. The van der Waals surface area contributed by atoms with Crippen molar-refractivity contribution >= 4 is 32.6 Å². The third-order valence-corrected chi connectivity index (χ3v) is 5.64. The molecule has 0 atom stereocenters. The number of rotatable bonds is 4. The van der Waals surface area contributed by atoms with Gasteiger partial charge in [0, 0.05) is 22.9 Å². The van der Waals surface area contributed by atoms with Gasteiger partial charge in [-0.3, -0.25) is 4.68 Å². The number of aromatic nitrogens is 2. The summed E-state index contributed by atoms with van der Waals surface area (Å²) in [7, 11) is 5.42. The van der Waals surface area contributed by atoms with E-state index >= 15 is 0 Å². The second kappa shape index (κ2) is 5.58. The van der Waals surface area contributed by atoms with Crippen molar-refractivity contribution in [2.45, 2.75) is 29.7 Å². The van der Waals surface area contributed by atoms with Crippen LogP contribution in [-0.4, -0.2) is 9.78 Å². The maximum absolute atomic E-state index is 5.60. The summed E-state index contributed by atoms with van der Waals surface area (Å²) in [6.45, 7) is 4.38. The lowest BCUT2D eigenvalue weighted by Crippen LogP contribution is -1.89. The molecule has 0 aliphatic heterocycles. The second-order valence-corrected chi connectivity index (χ2v) is 7.19. The van der Waals surface area contributed by atoms with Crippen molar-refractivity contribution in [3.63, 3.8) is 0 Å². The zero-order chi connectivity index (χ0) is 14.1. The molecule has 0 fully saturated rings. The highest BCUT2D eigenvalue weighted by atomic mass is 33.1. The Morgan fingerprint density at radius 2 is 2.05 bits per heavy atom. The molecule has 0 N–H and O–H groups in total. The van der Waals surface area contributed by atoms with Crippen LogP contribution in [0.1, 0.15) is 25.3 Å². The van der Waals surface area contributed by atoms with Crippen LogP contribution in [0.5, 0.6) is 0 Å². The first-order valence-corrected chi connectivity index (χ1v) is 8.64. The van der Waals surface area contributed by atoms with E-state index in [1.165, 1.54) is 15.8 Å². The van der Waals surface area contributed by atoms with E-state index in [4.69, 9.17) is 4.42 Å². The van der Waals surface area contributed by atoms with E-state index in [2.05, 4.69) is 31.1 Å². The Morgan fingerprint density at radius 3 is 2.75 bits per heavy atom. The highest BCUT2D eigenvalue weighted by molar-refractivity contribution is 8.76. The molecular formula is C15H16N2OS2. The van der Waals surface area contributed by atoms with Crippen LogP contribution in [0.15, 0.2) is 51.1 Å². The van der Waals surface area contributed by atoms with E-state index in [0.717, 1.165) is 10.6 Å². The summed E-state index contributed by atoms with van der Waals surface area (Å²) in [5, 5.41) is 6.54. The lowest BCUT2D eigenvalue weighted by molar-refractivity contribution is 0.606. The van der Waals surface area contributed by atoms with Gasteiger partial charge in [-0.15, -0.1) is 0 Å². The number of hydrogen-bond acceptors (Lipinski definition) is 4. The molecule has 0 amide bonds. The summed E-state index contributed by atoms with van der Waals surface area (Å²) in [4.78, 5) is 1.23. The van der Waals surface area contributed by atoms with Crippen molar-refractivity contribution < 1.29 is 4.42 Å². The van der Waals surface area contributed by atoms with Crippen LogP contribution in [0.3, 0.4) is 0 Å². The molecule has 0 bridgehead atoms. The Labute approximate surface area is 126 Å². The van der Waals surface area contributed by atoms with Gasteiger partial charge >= 0.3 is 0 Å². The minimum Gasteiger partial charge on any atom is -0.464 e. The Hall–Kier alpha value is -1.33. The molecule has 3 aromatic rings. The molecule has 0 saturated carbocycles. The fraction of sp³-hybridized carbons (Fsp3) is 0.267. The minimum atomic E-state index is 0.473. The fourth-order valence-corrected chi connectivity index (χ4v) is 4.15. The van der Waals surface area contributed by atoms with Crippen molar-refractivity contribution in [3.8, 4) is 0 Å². The quantitative estimate of drug-likeness (QED) is 0.628. The average molecular weight is 304 g/mol. The lowest BCUT2D eigenvalue weighted by Gasteiger charge is -2.04. The monoisotopic (exact) mass is 304 g/mol. The summed E-state index contributed by atoms with van der Waals surface area (Å²) in [5.74, 6) is 0.473. The predicted molar refractivity (Wildman–Crippen MR) is 85.2 cm³/mol. The van der Waals surface area contributed by atoms with Gasteiger partial charge < -0.3 is 4.42 Å².